The van der Waals surface area contributed by atoms with Gasteiger partial charge in [-0.3, -0.25) is 9.89 Å². The zero-order valence-electron chi connectivity index (χ0n) is 9.05. The monoisotopic (exact) mass is 210 g/mol. The lowest BCUT2D eigenvalue weighted by Gasteiger charge is -2.04. The fraction of sp³-hybridized carbons (Fsp3) is 0.600. The number of aromatic amines is 1. The van der Waals surface area contributed by atoms with E-state index in [1.54, 1.807) is 6.20 Å². The van der Waals surface area contributed by atoms with Crippen molar-refractivity contribution in [1.82, 2.24) is 20.8 Å². The maximum atomic E-state index is 11.2. The molecule has 15 heavy (non-hydrogen) atoms. The minimum absolute atomic E-state index is 0.106. The summed E-state index contributed by atoms with van der Waals surface area (Å²) in [7, 11) is 0. The highest BCUT2D eigenvalue weighted by Gasteiger charge is 1.99. The number of amides is 1. The maximum Gasteiger partial charge on any atom is 0.221 e. The van der Waals surface area contributed by atoms with E-state index in [0.717, 1.165) is 25.2 Å². The number of H-pyrrole nitrogens is 1. The predicted octanol–water partition coefficient (Wildman–Crippen LogP) is 0.416. The van der Waals surface area contributed by atoms with Gasteiger partial charge in [-0.05, 0) is 12.5 Å². The van der Waals surface area contributed by atoms with Gasteiger partial charge in [0.2, 0.25) is 5.91 Å². The third-order valence-electron chi connectivity index (χ3n) is 1.97. The SMILES string of the molecule is CCCNC(=O)CCNCc1ccn[nH]1. The highest BCUT2D eigenvalue weighted by atomic mass is 16.1. The fourth-order valence-corrected chi connectivity index (χ4v) is 1.16. The lowest BCUT2D eigenvalue weighted by Crippen LogP contribution is -2.28. The normalized spacial score (nSPS) is 10.2. The van der Waals surface area contributed by atoms with Gasteiger partial charge in [0, 0.05) is 37.9 Å². The molecule has 1 amide bonds. The summed E-state index contributed by atoms with van der Waals surface area (Å²) >= 11 is 0. The molecule has 1 rings (SSSR count). The summed E-state index contributed by atoms with van der Waals surface area (Å²) in [4.78, 5) is 11.2. The van der Waals surface area contributed by atoms with Gasteiger partial charge in [0.05, 0.1) is 0 Å². The molecule has 5 nitrogen and oxygen atoms in total. The van der Waals surface area contributed by atoms with Crippen LogP contribution in [0.5, 0.6) is 0 Å². The first-order valence-corrected chi connectivity index (χ1v) is 5.28. The van der Waals surface area contributed by atoms with Crippen LogP contribution in [0.15, 0.2) is 12.3 Å². The molecule has 0 atom stereocenters. The van der Waals surface area contributed by atoms with Crippen LogP contribution in [-0.4, -0.2) is 29.2 Å². The third kappa shape index (κ3) is 5.17. The molecule has 0 fully saturated rings. The minimum Gasteiger partial charge on any atom is -0.356 e. The molecule has 0 aliphatic carbocycles. The molecule has 1 heterocycles. The first kappa shape index (κ1) is 11.7. The smallest absolute Gasteiger partial charge is 0.221 e. The topological polar surface area (TPSA) is 69.8 Å². The summed E-state index contributed by atoms with van der Waals surface area (Å²) in [6.07, 6.45) is 3.21. The van der Waals surface area contributed by atoms with Crippen molar-refractivity contribution in [2.45, 2.75) is 26.3 Å². The average Bonchev–Trinajstić information content (AvgIpc) is 2.74. The molecular formula is C10H18N4O. The maximum absolute atomic E-state index is 11.2. The Kier molecular flexibility index (Phi) is 5.47. The lowest BCUT2D eigenvalue weighted by atomic mass is 10.3. The molecule has 1 aromatic heterocycles. The van der Waals surface area contributed by atoms with Crippen molar-refractivity contribution in [3.8, 4) is 0 Å². The number of nitrogens with zero attached hydrogens (tertiary/aromatic N) is 1. The molecule has 5 heteroatoms. The number of carbonyl (C=O) groups is 1. The number of hydrogen-bond donors (Lipinski definition) is 3. The van der Waals surface area contributed by atoms with Gasteiger partial charge in [0.1, 0.15) is 0 Å². The highest BCUT2D eigenvalue weighted by Crippen LogP contribution is 1.89. The first-order chi connectivity index (χ1) is 7.33. The van der Waals surface area contributed by atoms with Gasteiger partial charge in [-0.2, -0.15) is 5.10 Å². The van der Waals surface area contributed by atoms with Gasteiger partial charge in [0.25, 0.3) is 0 Å². The summed E-state index contributed by atoms with van der Waals surface area (Å²) in [5, 5.41) is 12.7. The first-order valence-electron chi connectivity index (χ1n) is 5.28. The second-order valence-electron chi connectivity index (χ2n) is 3.36. The summed E-state index contributed by atoms with van der Waals surface area (Å²) in [5.41, 5.74) is 1.03. The van der Waals surface area contributed by atoms with Crippen LogP contribution in [-0.2, 0) is 11.3 Å². The van der Waals surface area contributed by atoms with Crippen LogP contribution in [0.1, 0.15) is 25.5 Å². The largest absolute Gasteiger partial charge is 0.356 e. The molecule has 0 aliphatic heterocycles. The number of hydrogen-bond acceptors (Lipinski definition) is 3. The predicted molar refractivity (Wildman–Crippen MR) is 58.2 cm³/mol. The molecule has 0 saturated heterocycles. The van der Waals surface area contributed by atoms with E-state index in [0.29, 0.717) is 13.0 Å². The van der Waals surface area contributed by atoms with E-state index in [-0.39, 0.29) is 5.91 Å². The number of aromatic nitrogens is 2. The van der Waals surface area contributed by atoms with Crippen LogP contribution in [0.25, 0.3) is 0 Å². The van der Waals surface area contributed by atoms with Crippen molar-refractivity contribution in [1.29, 1.82) is 0 Å². The van der Waals surface area contributed by atoms with Crippen molar-refractivity contribution in [2.75, 3.05) is 13.1 Å². The van der Waals surface area contributed by atoms with Crippen molar-refractivity contribution in [3.63, 3.8) is 0 Å². The molecule has 0 unspecified atom stereocenters. The van der Waals surface area contributed by atoms with Crippen LogP contribution in [0.3, 0.4) is 0 Å². The average molecular weight is 210 g/mol. The quantitative estimate of drug-likeness (QED) is 0.571. The Morgan fingerprint density at radius 3 is 3.07 bits per heavy atom. The zero-order valence-corrected chi connectivity index (χ0v) is 9.05. The Bertz CT molecular complexity index is 271. The molecule has 0 saturated carbocycles. The molecule has 84 valence electrons. The second kappa shape index (κ2) is 7.00. The van der Waals surface area contributed by atoms with E-state index in [1.165, 1.54) is 0 Å². The molecule has 1 aromatic rings. The molecule has 0 bridgehead atoms. The van der Waals surface area contributed by atoms with Gasteiger partial charge in [-0.1, -0.05) is 6.92 Å². The van der Waals surface area contributed by atoms with Crippen molar-refractivity contribution >= 4 is 5.91 Å². The Labute approximate surface area is 89.6 Å². The van der Waals surface area contributed by atoms with Crippen LogP contribution >= 0.6 is 0 Å². The molecule has 3 N–H and O–H groups in total. The molecular weight excluding hydrogens is 192 g/mol. The van der Waals surface area contributed by atoms with Crippen LogP contribution < -0.4 is 10.6 Å². The van der Waals surface area contributed by atoms with Crippen LogP contribution in [0.2, 0.25) is 0 Å². The van der Waals surface area contributed by atoms with E-state index >= 15 is 0 Å². The van der Waals surface area contributed by atoms with E-state index in [2.05, 4.69) is 20.8 Å². The summed E-state index contributed by atoms with van der Waals surface area (Å²) in [6.45, 7) is 4.21. The summed E-state index contributed by atoms with van der Waals surface area (Å²) in [5.74, 6) is 0.106. The van der Waals surface area contributed by atoms with Gasteiger partial charge >= 0.3 is 0 Å². The zero-order chi connectivity index (χ0) is 10.9. The standard InChI is InChI=1S/C10H18N4O/c1-2-5-12-10(15)4-6-11-8-9-3-7-13-14-9/h3,7,11H,2,4-6,8H2,1H3,(H,12,15)(H,13,14). The van der Waals surface area contributed by atoms with Gasteiger partial charge in [-0.25, -0.2) is 0 Å². The van der Waals surface area contributed by atoms with Crippen LogP contribution in [0.4, 0.5) is 0 Å². The van der Waals surface area contributed by atoms with Gasteiger partial charge in [-0.15, -0.1) is 0 Å². The molecule has 0 spiro atoms. The van der Waals surface area contributed by atoms with E-state index in [1.807, 2.05) is 13.0 Å². The minimum atomic E-state index is 0.106. The van der Waals surface area contributed by atoms with Crippen molar-refractivity contribution in [3.05, 3.63) is 18.0 Å². The fourth-order valence-electron chi connectivity index (χ4n) is 1.16. The Hall–Kier alpha value is -1.36. The summed E-state index contributed by atoms with van der Waals surface area (Å²) < 4.78 is 0. The van der Waals surface area contributed by atoms with E-state index in [4.69, 9.17) is 0 Å². The lowest BCUT2D eigenvalue weighted by molar-refractivity contribution is -0.120. The molecule has 0 radical (unpaired) electrons. The Balaban J connectivity index is 1.99. The molecule has 0 aliphatic rings. The van der Waals surface area contributed by atoms with Crippen molar-refractivity contribution in [2.24, 2.45) is 0 Å². The second-order valence-corrected chi connectivity index (χ2v) is 3.36. The van der Waals surface area contributed by atoms with Gasteiger partial charge < -0.3 is 10.6 Å². The van der Waals surface area contributed by atoms with Crippen LogP contribution in [0, 0.1) is 0 Å². The number of rotatable bonds is 7. The Morgan fingerprint density at radius 1 is 1.53 bits per heavy atom. The van der Waals surface area contributed by atoms with Crippen molar-refractivity contribution < 1.29 is 4.79 Å². The van der Waals surface area contributed by atoms with E-state index in [9.17, 15) is 4.79 Å². The third-order valence-corrected chi connectivity index (χ3v) is 1.97. The summed E-state index contributed by atoms with van der Waals surface area (Å²) in [6, 6.07) is 1.91. The highest BCUT2D eigenvalue weighted by molar-refractivity contribution is 5.75. The molecule has 0 aromatic carbocycles. The number of carbonyl (C=O) groups excluding carboxylic acids is 1. The number of nitrogens with one attached hydrogen (secondary N) is 3. The van der Waals surface area contributed by atoms with E-state index < -0.39 is 0 Å². The van der Waals surface area contributed by atoms with Gasteiger partial charge in [0.15, 0.2) is 0 Å². The Morgan fingerprint density at radius 2 is 2.40 bits per heavy atom.